The Morgan fingerprint density at radius 3 is 1.86 bits per heavy atom. The molecule has 3 rings (SSSR count). The zero-order chi connectivity index (χ0) is 26.6. The van der Waals surface area contributed by atoms with Crippen molar-refractivity contribution in [3.05, 3.63) is 82.4 Å². The lowest BCUT2D eigenvalue weighted by Crippen LogP contribution is -2.07. The van der Waals surface area contributed by atoms with E-state index in [1.165, 1.54) is 0 Å². The van der Waals surface area contributed by atoms with Crippen LogP contribution in [-0.2, 0) is 22.7 Å². The lowest BCUT2D eigenvalue weighted by atomic mass is 10.0. The number of carbonyl (C=O) groups is 2. The van der Waals surface area contributed by atoms with E-state index in [-0.39, 0.29) is 48.6 Å². The molecule has 0 radical (unpaired) electrons. The van der Waals surface area contributed by atoms with E-state index in [2.05, 4.69) is 0 Å². The number of esters is 1. The minimum absolute atomic E-state index is 0.155. The average molecular weight is 527 g/mol. The SMILES string of the molecule is CCOC(=O)CCCC(=O)c1ccc(OCc2ccc(OC)cc2)c(OCc2ccc(OC)cc2)c1Cl. The molecule has 3 aromatic carbocycles. The van der Waals surface area contributed by atoms with Crippen LogP contribution in [0.1, 0.15) is 47.7 Å². The van der Waals surface area contributed by atoms with E-state index in [1.54, 1.807) is 33.3 Å². The first kappa shape index (κ1) is 27.9. The van der Waals surface area contributed by atoms with E-state index >= 15 is 0 Å². The van der Waals surface area contributed by atoms with Gasteiger partial charge in [-0.25, -0.2) is 0 Å². The molecule has 0 aliphatic heterocycles. The quantitative estimate of drug-likeness (QED) is 0.177. The molecular weight excluding hydrogens is 496 g/mol. The summed E-state index contributed by atoms with van der Waals surface area (Å²) >= 11 is 6.68. The first-order valence-electron chi connectivity index (χ1n) is 12.0. The Balaban J connectivity index is 1.78. The third kappa shape index (κ3) is 8.15. The summed E-state index contributed by atoms with van der Waals surface area (Å²) < 4.78 is 27.4. The van der Waals surface area contributed by atoms with Gasteiger partial charge in [-0.2, -0.15) is 0 Å². The Kier molecular flexibility index (Phi) is 10.6. The molecule has 0 aliphatic rings. The highest BCUT2D eigenvalue weighted by Crippen LogP contribution is 2.39. The number of rotatable bonds is 14. The number of benzene rings is 3. The predicted molar refractivity (Wildman–Crippen MR) is 141 cm³/mol. The van der Waals surface area contributed by atoms with Crippen LogP contribution in [0.25, 0.3) is 0 Å². The maximum Gasteiger partial charge on any atom is 0.305 e. The van der Waals surface area contributed by atoms with E-state index in [0.29, 0.717) is 24.3 Å². The van der Waals surface area contributed by atoms with Gasteiger partial charge in [0.1, 0.15) is 24.7 Å². The van der Waals surface area contributed by atoms with Crippen molar-refractivity contribution in [2.45, 2.75) is 39.4 Å². The number of ether oxygens (including phenoxy) is 5. The van der Waals surface area contributed by atoms with Crippen LogP contribution in [-0.4, -0.2) is 32.6 Å². The summed E-state index contributed by atoms with van der Waals surface area (Å²) in [5.74, 6) is 1.67. The molecule has 0 N–H and O–H groups in total. The van der Waals surface area contributed by atoms with Crippen molar-refractivity contribution in [3.63, 3.8) is 0 Å². The van der Waals surface area contributed by atoms with Crippen LogP contribution in [0.5, 0.6) is 23.0 Å². The fourth-order valence-corrected chi connectivity index (χ4v) is 3.84. The standard InChI is InChI=1S/C29H31ClO7/c1-4-35-27(32)7-5-6-25(31)24-16-17-26(36-18-20-8-12-22(33-2)13-9-20)29(28(24)30)37-19-21-10-14-23(34-3)15-11-21/h8-17H,4-7,18-19H2,1-3H3. The van der Waals surface area contributed by atoms with Gasteiger partial charge in [-0.1, -0.05) is 35.9 Å². The van der Waals surface area contributed by atoms with Crippen molar-refractivity contribution in [2.75, 3.05) is 20.8 Å². The highest BCUT2D eigenvalue weighted by atomic mass is 35.5. The second-order valence-electron chi connectivity index (χ2n) is 8.11. The maximum absolute atomic E-state index is 12.9. The van der Waals surface area contributed by atoms with Crippen molar-refractivity contribution < 1.29 is 33.3 Å². The smallest absolute Gasteiger partial charge is 0.305 e. The van der Waals surface area contributed by atoms with Gasteiger partial charge in [0.2, 0.25) is 0 Å². The minimum atomic E-state index is -0.327. The van der Waals surface area contributed by atoms with Crippen LogP contribution in [0.4, 0.5) is 0 Å². The van der Waals surface area contributed by atoms with Crippen molar-refractivity contribution in [3.8, 4) is 23.0 Å². The zero-order valence-corrected chi connectivity index (χ0v) is 22.0. The number of ketones is 1. The summed E-state index contributed by atoms with van der Waals surface area (Å²) in [7, 11) is 3.21. The van der Waals surface area contributed by atoms with Crippen molar-refractivity contribution in [2.24, 2.45) is 0 Å². The Morgan fingerprint density at radius 2 is 1.32 bits per heavy atom. The van der Waals surface area contributed by atoms with Gasteiger partial charge in [0.15, 0.2) is 17.3 Å². The molecule has 0 saturated heterocycles. The molecule has 0 amide bonds. The second kappa shape index (κ2) is 14.1. The average Bonchev–Trinajstić information content (AvgIpc) is 2.92. The fourth-order valence-electron chi connectivity index (χ4n) is 3.52. The van der Waals surface area contributed by atoms with Gasteiger partial charge < -0.3 is 23.7 Å². The highest BCUT2D eigenvalue weighted by molar-refractivity contribution is 6.35. The summed E-state index contributed by atoms with van der Waals surface area (Å²) in [4.78, 5) is 24.5. The van der Waals surface area contributed by atoms with E-state index in [0.717, 1.165) is 22.6 Å². The summed E-state index contributed by atoms with van der Waals surface area (Å²) in [6, 6.07) is 18.3. The molecule has 0 saturated carbocycles. The van der Waals surface area contributed by atoms with Gasteiger partial charge >= 0.3 is 5.97 Å². The third-order valence-corrected chi connectivity index (χ3v) is 5.92. The van der Waals surface area contributed by atoms with Gasteiger partial charge in [0, 0.05) is 18.4 Å². The zero-order valence-electron chi connectivity index (χ0n) is 21.3. The molecule has 8 heteroatoms. The molecule has 0 heterocycles. The van der Waals surface area contributed by atoms with Crippen molar-refractivity contribution in [1.82, 2.24) is 0 Å². The summed E-state index contributed by atoms with van der Waals surface area (Å²) in [6.45, 7) is 2.54. The van der Waals surface area contributed by atoms with Gasteiger partial charge in [-0.05, 0) is 60.9 Å². The number of carbonyl (C=O) groups excluding carboxylic acids is 2. The number of Topliss-reactive ketones (excluding diaryl/α,β-unsaturated/α-hetero) is 1. The van der Waals surface area contributed by atoms with E-state index < -0.39 is 0 Å². The van der Waals surface area contributed by atoms with Crippen LogP contribution in [0.2, 0.25) is 5.02 Å². The topological polar surface area (TPSA) is 80.3 Å². The molecule has 0 spiro atoms. The lowest BCUT2D eigenvalue weighted by Gasteiger charge is -2.17. The lowest BCUT2D eigenvalue weighted by molar-refractivity contribution is -0.143. The van der Waals surface area contributed by atoms with Gasteiger partial charge in [-0.3, -0.25) is 9.59 Å². The van der Waals surface area contributed by atoms with Gasteiger partial charge in [0.25, 0.3) is 0 Å². The molecule has 0 atom stereocenters. The number of methoxy groups -OCH3 is 2. The normalized spacial score (nSPS) is 10.5. The van der Waals surface area contributed by atoms with Crippen LogP contribution < -0.4 is 18.9 Å². The van der Waals surface area contributed by atoms with Crippen LogP contribution in [0.15, 0.2) is 60.7 Å². The molecular formula is C29H31ClO7. The summed E-state index contributed by atoms with van der Waals surface area (Å²) in [6.07, 6.45) is 0.690. The van der Waals surface area contributed by atoms with E-state index in [9.17, 15) is 9.59 Å². The Labute approximate surface area is 222 Å². The molecule has 7 nitrogen and oxygen atoms in total. The van der Waals surface area contributed by atoms with E-state index in [4.69, 9.17) is 35.3 Å². The molecule has 0 fully saturated rings. The second-order valence-corrected chi connectivity index (χ2v) is 8.49. The fraction of sp³-hybridized carbons (Fsp3) is 0.310. The minimum Gasteiger partial charge on any atom is -0.497 e. The molecule has 0 aromatic heterocycles. The van der Waals surface area contributed by atoms with Crippen molar-refractivity contribution in [1.29, 1.82) is 0 Å². The third-order valence-electron chi connectivity index (χ3n) is 5.55. The molecule has 0 unspecified atom stereocenters. The monoisotopic (exact) mass is 526 g/mol. The Bertz CT molecular complexity index is 1170. The summed E-state index contributed by atoms with van der Waals surface area (Å²) in [5, 5.41) is 0.168. The van der Waals surface area contributed by atoms with Crippen molar-refractivity contribution >= 4 is 23.4 Å². The largest absolute Gasteiger partial charge is 0.497 e. The number of hydrogen-bond acceptors (Lipinski definition) is 7. The van der Waals surface area contributed by atoms with Crippen LogP contribution >= 0.6 is 11.6 Å². The van der Waals surface area contributed by atoms with Gasteiger partial charge in [0.05, 0.1) is 25.8 Å². The molecule has 0 aliphatic carbocycles. The molecule has 196 valence electrons. The first-order chi connectivity index (χ1) is 17.9. The Hall–Kier alpha value is -3.71. The predicted octanol–water partition coefficient (Wildman–Crippen LogP) is 6.43. The molecule has 37 heavy (non-hydrogen) atoms. The summed E-state index contributed by atoms with van der Waals surface area (Å²) in [5.41, 5.74) is 2.13. The first-order valence-corrected chi connectivity index (χ1v) is 12.4. The van der Waals surface area contributed by atoms with Crippen LogP contribution in [0.3, 0.4) is 0 Å². The molecule has 3 aromatic rings. The van der Waals surface area contributed by atoms with Crippen LogP contribution in [0, 0.1) is 0 Å². The highest BCUT2D eigenvalue weighted by Gasteiger charge is 2.20. The number of hydrogen-bond donors (Lipinski definition) is 0. The maximum atomic E-state index is 12.9. The van der Waals surface area contributed by atoms with Gasteiger partial charge in [-0.15, -0.1) is 0 Å². The molecule has 0 bridgehead atoms. The Morgan fingerprint density at radius 1 is 0.757 bits per heavy atom. The van der Waals surface area contributed by atoms with E-state index in [1.807, 2.05) is 48.5 Å². The number of halogens is 1.